The lowest BCUT2D eigenvalue weighted by Gasteiger charge is -2.14. The summed E-state index contributed by atoms with van der Waals surface area (Å²) in [5.74, 6) is -0.522. The van der Waals surface area contributed by atoms with Crippen molar-refractivity contribution in [1.82, 2.24) is 0 Å². The summed E-state index contributed by atoms with van der Waals surface area (Å²) in [5.41, 5.74) is 7.24. The monoisotopic (exact) mass is 249 g/mol. The van der Waals surface area contributed by atoms with E-state index in [1.807, 2.05) is 19.1 Å². The van der Waals surface area contributed by atoms with Gasteiger partial charge in [-0.1, -0.05) is 12.1 Å². The van der Waals surface area contributed by atoms with Crippen LogP contribution in [0.4, 0.5) is 5.69 Å². The molecule has 0 aromatic heterocycles. The van der Waals surface area contributed by atoms with E-state index >= 15 is 0 Å². The maximum absolute atomic E-state index is 11.9. The van der Waals surface area contributed by atoms with Gasteiger partial charge >= 0.3 is 5.97 Å². The van der Waals surface area contributed by atoms with Gasteiger partial charge in [-0.2, -0.15) is 0 Å². The summed E-state index contributed by atoms with van der Waals surface area (Å²) in [6.45, 7) is 2.95. The molecule has 0 radical (unpaired) electrons. The molecule has 1 aliphatic rings. The average molecular weight is 249 g/mol. The van der Waals surface area contributed by atoms with Gasteiger partial charge < -0.3 is 15.2 Å². The van der Waals surface area contributed by atoms with Crippen LogP contribution in [0.2, 0.25) is 0 Å². The van der Waals surface area contributed by atoms with Crippen LogP contribution in [0.25, 0.3) is 0 Å². The van der Waals surface area contributed by atoms with Crippen molar-refractivity contribution in [2.75, 3.05) is 18.9 Å². The zero-order chi connectivity index (χ0) is 13.0. The molecule has 1 heterocycles. The maximum Gasteiger partial charge on any atom is 0.313 e. The average Bonchev–Trinajstić information content (AvgIpc) is 2.88. The van der Waals surface area contributed by atoms with E-state index < -0.39 is 0 Å². The standard InChI is InChI=1S/C14H19NO3/c1-10(11-4-2-5-12(15)8-11)14(16)18-9-13-6-3-7-17-13/h2,4-5,8,10,13H,3,6-7,9,15H2,1H3. The maximum atomic E-state index is 11.9. The van der Waals surface area contributed by atoms with Gasteiger partial charge in [0, 0.05) is 12.3 Å². The molecule has 18 heavy (non-hydrogen) atoms. The van der Waals surface area contributed by atoms with Crippen LogP contribution in [-0.4, -0.2) is 25.3 Å². The van der Waals surface area contributed by atoms with E-state index in [9.17, 15) is 4.79 Å². The van der Waals surface area contributed by atoms with Gasteiger partial charge in [0.1, 0.15) is 6.61 Å². The minimum absolute atomic E-state index is 0.0713. The number of hydrogen-bond acceptors (Lipinski definition) is 4. The van der Waals surface area contributed by atoms with Crippen molar-refractivity contribution in [2.24, 2.45) is 0 Å². The van der Waals surface area contributed by atoms with Crippen molar-refractivity contribution >= 4 is 11.7 Å². The normalized spacial score (nSPS) is 20.6. The zero-order valence-electron chi connectivity index (χ0n) is 10.6. The largest absolute Gasteiger partial charge is 0.462 e. The number of hydrogen-bond donors (Lipinski definition) is 1. The highest BCUT2D eigenvalue weighted by molar-refractivity contribution is 5.78. The third-order valence-electron chi connectivity index (χ3n) is 3.20. The molecule has 1 saturated heterocycles. The first kappa shape index (κ1) is 12.9. The summed E-state index contributed by atoms with van der Waals surface area (Å²) in [6, 6.07) is 7.33. The van der Waals surface area contributed by atoms with Gasteiger partial charge in [0.05, 0.1) is 12.0 Å². The van der Waals surface area contributed by atoms with E-state index in [0.29, 0.717) is 12.3 Å². The Hall–Kier alpha value is -1.55. The van der Waals surface area contributed by atoms with Crippen molar-refractivity contribution in [2.45, 2.75) is 31.8 Å². The van der Waals surface area contributed by atoms with E-state index in [4.69, 9.17) is 15.2 Å². The van der Waals surface area contributed by atoms with E-state index in [2.05, 4.69) is 0 Å². The van der Waals surface area contributed by atoms with Crippen LogP contribution < -0.4 is 5.73 Å². The van der Waals surface area contributed by atoms with Crippen molar-refractivity contribution < 1.29 is 14.3 Å². The van der Waals surface area contributed by atoms with Gasteiger partial charge in [-0.05, 0) is 37.5 Å². The van der Waals surface area contributed by atoms with Crippen LogP contribution in [0.3, 0.4) is 0 Å². The van der Waals surface area contributed by atoms with Crippen LogP contribution in [0.15, 0.2) is 24.3 Å². The predicted octanol–water partition coefficient (Wildman–Crippen LogP) is 2.09. The molecule has 0 amide bonds. The number of carbonyl (C=O) groups excluding carboxylic acids is 1. The Morgan fingerprint density at radius 3 is 3.11 bits per heavy atom. The van der Waals surface area contributed by atoms with Gasteiger partial charge in [-0.3, -0.25) is 4.79 Å². The Morgan fingerprint density at radius 1 is 1.61 bits per heavy atom. The topological polar surface area (TPSA) is 61.5 Å². The van der Waals surface area contributed by atoms with Crippen LogP contribution in [0.5, 0.6) is 0 Å². The van der Waals surface area contributed by atoms with Crippen molar-refractivity contribution in [3.63, 3.8) is 0 Å². The molecule has 2 N–H and O–H groups in total. The number of nitrogens with two attached hydrogens (primary N) is 1. The third-order valence-corrected chi connectivity index (χ3v) is 3.20. The lowest BCUT2D eigenvalue weighted by Crippen LogP contribution is -2.21. The second-order valence-corrected chi connectivity index (χ2v) is 4.66. The first-order valence-electron chi connectivity index (χ1n) is 6.30. The molecule has 0 bridgehead atoms. The Balaban J connectivity index is 1.87. The fraction of sp³-hybridized carbons (Fsp3) is 0.500. The fourth-order valence-electron chi connectivity index (χ4n) is 2.04. The number of anilines is 1. The Morgan fingerprint density at radius 2 is 2.44 bits per heavy atom. The number of benzene rings is 1. The summed E-state index contributed by atoms with van der Waals surface area (Å²) in [4.78, 5) is 11.9. The zero-order valence-corrected chi connectivity index (χ0v) is 10.6. The van der Waals surface area contributed by atoms with Gasteiger partial charge in [0.2, 0.25) is 0 Å². The van der Waals surface area contributed by atoms with E-state index in [0.717, 1.165) is 25.0 Å². The minimum Gasteiger partial charge on any atom is -0.462 e. The van der Waals surface area contributed by atoms with E-state index in [-0.39, 0.29) is 18.0 Å². The molecular formula is C14H19NO3. The number of rotatable bonds is 4. The van der Waals surface area contributed by atoms with Gasteiger partial charge in [0.25, 0.3) is 0 Å². The first-order chi connectivity index (χ1) is 8.66. The molecule has 2 unspecified atom stereocenters. The van der Waals surface area contributed by atoms with Crippen LogP contribution >= 0.6 is 0 Å². The van der Waals surface area contributed by atoms with Crippen LogP contribution in [-0.2, 0) is 14.3 Å². The molecular weight excluding hydrogens is 230 g/mol. The number of esters is 1. The molecule has 2 rings (SSSR count). The van der Waals surface area contributed by atoms with Crippen molar-refractivity contribution in [3.8, 4) is 0 Å². The summed E-state index contributed by atoms with van der Waals surface area (Å²) >= 11 is 0. The SMILES string of the molecule is CC(C(=O)OCC1CCCO1)c1cccc(N)c1. The third kappa shape index (κ3) is 3.23. The molecule has 1 aliphatic heterocycles. The molecule has 0 spiro atoms. The summed E-state index contributed by atoms with van der Waals surface area (Å²) in [6.07, 6.45) is 2.09. The van der Waals surface area contributed by atoms with E-state index in [1.165, 1.54) is 0 Å². The second kappa shape index (κ2) is 5.87. The molecule has 98 valence electrons. The smallest absolute Gasteiger partial charge is 0.313 e. The van der Waals surface area contributed by atoms with Crippen LogP contribution in [0.1, 0.15) is 31.2 Å². The van der Waals surface area contributed by atoms with Gasteiger partial charge in [-0.25, -0.2) is 0 Å². The predicted molar refractivity (Wildman–Crippen MR) is 69.2 cm³/mol. The molecule has 1 aromatic rings. The highest BCUT2D eigenvalue weighted by Gasteiger charge is 2.21. The number of ether oxygens (including phenoxy) is 2. The first-order valence-corrected chi connectivity index (χ1v) is 6.30. The Labute approximate surface area is 107 Å². The lowest BCUT2D eigenvalue weighted by molar-refractivity contribution is -0.148. The quantitative estimate of drug-likeness (QED) is 0.655. The number of carbonyl (C=O) groups is 1. The summed E-state index contributed by atoms with van der Waals surface area (Å²) in [5, 5.41) is 0. The second-order valence-electron chi connectivity index (χ2n) is 4.66. The molecule has 0 aliphatic carbocycles. The molecule has 1 fully saturated rings. The highest BCUT2D eigenvalue weighted by Crippen LogP contribution is 2.20. The molecule has 0 saturated carbocycles. The van der Waals surface area contributed by atoms with E-state index in [1.54, 1.807) is 12.1 Å². The fourth-order valence-corrected chi connectivity index (χ4v) is 2.04. The van der Waals surface area contributed by atoms with Gasteiger partial charge in [0.15, 0.2) is 0 Å². The molecule has 2 atom stereocenters. The van der Waals surface area contributed by atoms with Crippen molar-refractivity contribution in [1.29, 1.82) is 0 Å². The lowest BCUT2D eigenvalue weighted by atomic mass is 10.0. The molecule has 1 aromatic carbocycles. The van der Waals surface area contributed by atoms with Crippen molar-refractivity contribution in [3.05, 3.63) is 29.8 Å². The molecule has 4 nitrogen and oxygen atoms in total. The molecule has 4 heteroatoms. The Bertz CT molecular complexity index is 413. The summed E-state index contributed by atoms with van der Waals surface area (Å²) in [7, 11) is 0. The van der Waals surface area contributed by atoms with Crippen LogP contribution in [0, 0.1) is 0 Å². The highest BCUT2D eigenvalue weighted by atomic mass is 16.6. The van der Waals surface area contributed by atoms with Gasteiger partial charge in [-0.15, -0.1) is 0 Å². The Kier molecular flexibility index (Phi) is 4.20. The minimum atomic E-state index is -0.296. The summed E-state index contributed by atoms with van der Waals surface area (Å²) < 4.78 is 10.7. The number of nitrogen functional groups attached to an aromatic ring is 1.